The lowest BCUT2D eigenvalue weighted by molar-refractivity contribution is 0.193. The van der Waals surface area contributed by atoms with Gasteiger partial charge in [0.05, 0.1) is 6.61 Å². The molecule has 0 bridgehead atoms. The maximum atomic E-state index is 6.14. The molecule has 1 saturated heterocycles. The fourth-order valence-corrected chi connectivity index (χ4v) is 5.22. The van der Waals surface area contributed by atoms with Crippen molar-refractivity contribution in [3.8, 4) is 5.75 Å². The monoisotopic (exact) mass is 420 g/mol. The summed E-state index contributed by atoms with van der Waals surface area (Å²) in [6, 6.07) is 16.5. The zero-order chi connectivity index (χ0) is 21.6. The third kappa shape index (κ3) is 6.11. The average molecular weight is 421 g/mol. The van der Waals surface area contributed by atoms with Crippen LogP contribution in [0.3, 0.4) is 0 Å². The molecule has 0 saturated carbocycles. The minimum Gasteiger partial charge on any atom is -0.494 e. The Morgan fingerprint density at radius 2 is 1.71 bits per heavy atom. The van der Waals surface area contributed by atoms with Gasteiger partial charge in [-0.3, -0.25) is 0 Å². The second kappa shape index (κ2) is 10.7. The van der Waals surface area contributed by atoms with Crippen molar-refractivity contribution in [1.82, 2.24) is 9.80 Å². The van der Waals surface area contributed by atoms with E-state index in [9.17, 15) is 0 Å². The van der Waals surface area contributed by atoms with Gasteiger partial charge in [-0.05, 0) is 101 Å². The molecule has 0 atom stereocenters. The summed E-state index contributed by atoms with van der Waals surface area (Å²) in [7, 11) is 0. The Hall–Kier alpha value is -1.84. The van der Waals surface area contributed by atoms with Crippen LogP contribution >= 0.6 is 0 Å². The van der Waals surface area contributed by atoms with Gasteiger partial charge in [0.15, 0.2) is 0 Å². The highest BCUT2D eigenvalue weighted by Crippen LogP contribution is 2.28. The predicted octanol–water partition coefficient (Wildman–Crippen LogP) is 5.45. The van der Waals surface area contributed by atoms with Crippen molar-refractivity contribution in [2.45, 2.75) is 64.8 Å². The molecule has 2 aliphatic heterocycles. The van der Waals surface area contributed by atoms with Crippen molar-refractivity contribution >= 4 is 0 Å². The summed E-state index contributed by atoms with van der Waals surface area (Å²) in [6.07, 6.45) is 5.96. The Bertz CT molecular complexity index is 839. The lowest BCUT2D eigenvalue weighted by atomic mass is 9.89. The Labute approximate surface area is 189 Å². The van der Waals surface area contributed by atoms with E-state index >= 15 is 0 Å². The van der Waals surface area contributed by atoms with E-state index in [-0.39, 0.29) is 0 Å². The molecule has 3 heteroatoms. The van der Waals surface area contributed by atoms with Crippen LogP contribution in [0.1, 0.15) is 61.3 Å². The molecule has 2 aromatic carbocycles. The molecule has 0 spiro atoms. The van der Waals surface area contributed by atoms with E-state index in [1.807, 2.05) is 0 Å². The normalized spacial score (nSPS) is 18.7. The smallest absolute Gasteiger partial charge is 0.119 e. The van der Waals surface area contributed by atoms with Crippen LogP contribution in [0.5, 0.6) is 5.75 Å². The van der Waals surface area contributed by atoms with Crippen LogP contribution in [0.4, 0.5) is 0 Å². The summed E-state index contributed by atoms with van der Waals surface area (Å²) >= 11 is 0. The summed E-state index contributed by atoms with van der Waals surface area (Å²) in [5, 5.41) is 0. The highest BCUT2D eigenvalue weighted by atomic mass is 16.5. The number of ether oxygens (including phenoxy) is 1. The van der Waals surface area contributed by atoms with Gasteiger partial charge < -0.3 is 14.5 Å². The van der Waals surface area contributed by atoms with Crippen molar-refractivity contribution in [1.29, 1.82) is 0 Å². The third-order valence-electron chi connectivity index (χ3n) is 7.23. The maximum Gasteiger partial charge on any atom is 0.119 e. The van der Waals surface area contributed by atoms with Crippen LogP contribution in [-0.2, 0) is 12.8 Å². The molecule has 2 heterocycles. The first-order chi connectivity index (χ1) is 15.1. The fraction of sp³-hybridized carbons (Fsp3) is 0.571. The summed E-state index contributed by atoms with van der Waals surface area (Å²) in [5.74, 6) is 1.79. The topological polar surface area (TPSA) is 15.7 Å². The lowest BCUT2D eigenvalue weighted by Crippen LogP contribution is -2.34. The van der Waals surface area contributed by atoms with Gasteiger partial charge in [-0.15, -0.1) is 0 Å². The molecular formula is C28H40N2O. The molecule has 4 rings (SSSR count). The minimum atomic E-state index is 0.631. The Morgan fingerprint density at radius 1 is 0.935 bits per heavy atom. The fourth-order valence-electron chi connectivity index (χ4n) is 5.22. The number of hydrogen-bond donors (Lipinski definition) is 0. The van der Waals surface area contributed by atoms with Crippen molar-refractivity contribution in [2.24, 2.45) is 0 Å². The number of aryl methyl sites for hydroxylation is 1. The molecule has 168 valence electrons. The van der Waals surface area contributed by atoms with Gasteiger partial charge in [-0.1, -0.05) is 35.9 Å². The second-order valence-corrected chi connectivity index (χ2v) is 9.79. The molecule has 0 unspecified atom stereocenters. The van der Waals surface area contributed by atoms with E-state index in [4.69, 9.17) is 4.74 Å². The van der Waals surface area contributed by atoms with Gasteiger partial charge in [0.2, 0.25) is 0 Å². The summed E-state index contributed by atoms with van der Waals surface area (Å²) in [4.78, 5) is 5.20. The van der Waals surface area contributed by atoms with Crippen molar-refractivity contribution in [3.05, 3.63) is 64.7 Å². The number of piperidine rings is 1. The van der Waals surface area contributed by atoms with E-state index < -0.39 is 0 Å². The first-order valence-corrected chi connectivity index (χ1v) is 12.4. The average Bonchev–Trinajstić information content (AvgIpc) is 2.99. The number of nitrogens with zero attached hydrogens (tertiary/aromatic N) is 2. The molecule has 1 fully saturated rings. The molecule has 2 aromatic rings. The number of rotatable bonds is 7. The van der Waals surface area contributed by atoms with Gasteiger partial charge in [0, 0.05) is 25.7 Å². The van der Waals surface area contributed by atoms with Crippen LogP contribution in [0.2, 0.25) is 0 Å². The van der Waals surface area contributed by atoms with Gasteiger partial charge in [0.25, 0.3) is 0 Å². The highest BCUT2D eigenvalue weighted by Gasteiger charge is 2.20. The Kier molecular flexibility index (Phi) is 7.68. The molecule has 0 radical (unpaired) electrons. The molecule has 0 aromatic heterocycles. The van der Waals surface area contributed by atoms with Crippen molar-refractivity contribution in [3.63, 3.8) is 0 Å². The van der Waals surface area contributed by atoms with E-state index in [1.54, 1.807) is 0 Å². The van der Waals surface area contributed by atoms with Crippen LogP contribution in [0, 0.1) is 6.92 Å². The first kappa shape index (κ1) is 22.4. The third-order valence-corrected chi connectivity index (χ3v) is 7.23. The molecule has 0 amide bonds. The largest absolute Gasteiger partial charge is 0.494 e. The lowest BCUT2D eigenvalue weighted by Gasteiger charge is -2.32. The van der Waals surface area contributed by atoms with E-state index in [0.29, 0.717) is 6.04 Å². The number of benzene rings is 2. The van der Waals surface area contributed by atoms with Crippen LogP contribution in [0.15, 0.2) is 42.5 Å². The quantitative estimate of drug-likeness (QED) is 0.554. The highest BCUT2D eigenvalue weighted by molar-refractivity contribution is 5.37. The molecule has 0 aliphatic carbocycles. The van der Waals surface area contributed by atoms with Gasteiger partial charge in [-0.25, -0.2) is 0 Å². The molecule has 31 heavy (non-hydrogen) atoms. The molecule has 0 N–H and O–H groups in total. The van der Waals surface area contributed by atoms with E-state index in [1.165, 1.54) is 54.7 Å². The summed E-state index contributed by atoms with van der Waals surface area (Å²) < 4.78 is 6.14. The second-order valence-electron chi connectivity index (χ2n) is 9.79. The first-order valence-electron chi connectivity index (χ1n) is 12.4. The van der Waals surface area contributed by atoms with E-state index in [2.05, 4.69) is 73.0 Å². The summed E-state index contributed by atoms with van der Waals surface area (Å²) in [5.41, 5.74) is 5.90. The molecule has 3 nitrogen and oxygen atoms in total. The number of fused-ring (bicyclic) bond motifs is 1. The number of hydrogen-bond acceptors (Lipinski definition) is 3. The van der Waals surface area contributed by atoms with Gasteiger partial charge in [0.1, 0.15) is 5.75 Å². The Balaban J connectivity index is 1.18. The van der Waals surface area contributed by atoms with Crippen LogP contribution in [0.25, 0.3) is 0 Å². The minimum absolute atomic E-state index is 0.631. The zero-order valence-corrected chi connectivity index (χ0v) is 19.8. The molecule has 2 aliphatic rings. The zero-order valence-electron chi connectivity index (χ0n) is 19.8. The van der Waals surface area contributed by atoms with Gasteiger partial charge in [-0.2, -0.15) is 0 Å². The Morgan fingerprint density at radius 3 is 2.45 bits per heavy atom. The van der Waals surface area contributed by atoms with Gasteiger partial charge >= 0.3 is 0 Å². The maximum absolute atomic E-state index is 6.14. The van der Waals surface area contributed by atoms with Crippen molar-refractivity contribution in [2.75, 3.05) is 39.3 Å². The van der Waals surface area contributed by atoms with Crippen LogP contribution < -0.4 is 4.74 Å². The predicted molar refractivity (Wildman–Crippen MR) is 130 cm³/mol. The SMILES string of the molecule is Cc1cccc(C2CCN(CCCOc3ccc4c(c3)CCN(C(C)C)CC4)CC2)c1. The standard InChI is InChI=1S/C28H40N2O/c1-22(2)30-17-12-24-8-9-28(21-27(24)13-18-30)31-19-5-14-29-15-10-25(11-16-29)26-7-4-6-23(3)20-26/h4,6-9,20-22,25H,5,10-19H2,1-3H3. The van der Waals surface area contributed by atoms with Crippen molar-refractivity contribution < 1.29 is 4.74 Å². The van der Waals surface area contributed by atoms with Crippen LogP contribution in [-0.4, -0.2) is 55.2 Å². The van der Waals surface area contributed by atoms with E-state index in [0.717, 1.165) is 50.6 Å². The molecular weight excluding hydrogens is 380 g/mol. The summed E-state index contributed by atoms with van der Waals surface area (Å²) in [6.45, 7) is 13.5. The number of likely N-dealkylation sites (tertiary alicyclic amines) is 1.